The van der Waals surface area contributed by atoms with Crippen LogP contribution in [-0.4, -0.2) is 22.8 Å². The third kappa shape index (κ3) is 3.24. The molecule has 0 radical (unpaired) electrons. The Hall–Kier alpha value is -1.55. The molecule has 0 aromatic heterocycles. The van der Waals surface area contributed by atoms with Crippen molar-refractivity contribution in [2.45, 2.75) is 20.0 Å². The van der Waals surface area contributed by atoms with Crippen LogP contribution in [0.2, 0.25) is 0 Å². The lowest BCUT2D eigenvalue weighted by Crippen LogP contribution is -2.13. The van der Waals surface area contributed by atoms with E-state index in [1.165, 1.54) is 0 Å². The molecule has 1 aromatic rings. The highest BCUT2D eigenvalue weighted by Crippen LogP contribution is 2.25. The zero-order valence-corrected chi connectivity index (χ0v) is 9.38. The van der Waals surface area contributed by atoms with Crippen molar-refractivity contribution >= 4 is 5.97 Å². The zero-order chi connectivity index (χ0) is 12.1. The van der Waals surface area contributed by atoms with Gasteiger partial charge in [-0.1, -0.05) is 32.0 Å². The van der Waals surface area contributed by atoms with E-state index in [1.807, 2.05) is 13.8 Å². The Balaban J connectivity index is 2.87. The van der Waals surface area contributed by atoms with E-state index < -0.39 is 12.1 Å². The highest BCUT2D eigenvalue weighted by atomic mass is 16.5. The number of hydrogen-bond acceptors (Lipinski definition) is 3. The lowest BCUT2D eigenvalue weighted by atomic mass is 10.1. The van der Waals surface area contributed by atoms with Gasteiger partial charge < -0.3 is 14.9 Å². The number of aliphatic hydroxyl groups is 1. The largest absolute Gasteiger partial charge is 0.493 e. The summed E-state index contributed by atoms with van der Waals surface area (Å²) in [6.45, 7) is 4.48. The second kappa shape index (κ2) is 5.51. The number of para-hydroxylation sites is 1. The highest BCUT2D eigenvalue weighted by molar-refractivity contribution is 5.75. The molecule has 0 spiro atoms. The third-order valence-corrected chi connectivity index (χ3v) is 2.02. The van der Waals surface area contributed by atoms with Gasteiger partial charge in [-0.25, -0.2) is 4.79 Å². The van der Waals surface area contributed by atoms with Gasteiger partial charge in [0.2, 0.25) is 0 Å². The molecular formula is C12H16O4. The summed E-state index contributed by atoms with van der Waals surface area (Å²) in [7, 11) is 0. The maximum absolute atomic E-state index is 10.7. The van der Waals surface area contributed by atoms with Crippen molar-refractivity contribution < 1.29 is 19.7 Å². The Morgan fingerprint density at radius 1 is 1.38 bits per heavy atom. The molecule has 0 saturated carbocycles. The minimum atomic E-state index is -1.54. The van der Waals surface area contributed by atoms with Crippen molar-refractivity contribution in [2.75, 3.05) is 6.61 Å². The van der Waals surface area contributed by atoms with E-state index in [9.17, 15) is 9.90 Å². The van der Waals surface area contributed by atoms with Crippen molar-refractivity contribution in [2.24, 2.45) is 5.92 Å². The molecule has 0 saturated heterocycles. The molecule has 2 N–H and O–H groups in total. The highest BCUT2D eigenvalue weighted by Gasteiger charge is 2.19. The lowest BCUT2D eigenvalue weighted by Gasteiger charge is -2.14. The fourth-order valence-corrected chi connectivity index (χ4v) is 1.23. The van der Waals surface area contributed by atoms with E-state index in [-0.39, 0.29) is 5.56 Å². The minimum Gasteiger partial charge on any atom is -0.493 e. The summed E-state index contributed by atoms with van der Waals surface area (Å²) in [6.07, 6.45) is -1.54. The number of aliphatic hydroxyl groups excluding tert-OH is 1. The van der Waals surface area contributed by atoms with Crippen LogP contribution in [0.4, 0.5) is 0 Å². The van der Waals surface area contributed by atoms with Crippen molar-refractivity contribution in [3.8, 4) is 5.75 Å². The maximum atomic E-state index is 10.7. The van der Waals surface area contributed by atoms with Crippen molar-refractivity contribution in [1.82, 2.24) is 0 Å². The molecule has 0 aliphatic rings. The Kier molecular flexibility index (Phi) is 4.31. The van der Waals surface area contributed by atoms with Crippen molar-refractivity contribution in [1.29, 1.82) is 0 Å². The van der Waals surface area contributed by atoms with Crippen LogP contribution in [0, 0.1) is 5.92 Å². The van der Waals surface area contributed by atoms with Crippen LogP contribution >= 0.6 is 0 Å². The van der Waals surface area contributed by atoms with Crippen molar-refractivity contribution in [3.63, 3.8) is 0 Å². The molecule has 1 rings (SSSR count). The molecule has 4 heteroatoms. The van der Waals surface area contributed by atoms with Gasteiger partial charge in [-0.15, -0.1) is 0 Å². The molecule has 1 unspecified atom stereocenters. The summed E-state index contributed by atoms with van der Waals surface area (Å²) < 4.78 is 5.45. The standard InChI is InChI=1S/C12H16O4/c1-8(2)7-16-10-6-4-3-5-9(10)11(13)12(14)15/h3-6,8,11,13H,7H2,1-2H3,(H,14,15). The first-order chi connectivity index (χ1) is 7.52. The van der Waals surface area contributed by atoms with Crippen LogP contribution in [0.25, 0.3) is 0 Å². The van der Waals surface area contributed by atoms with Crippen LogP contribution in [-0.2, 0) is 4.79 Å². The average molecular weight is 224 g/mol. The summed E-state index contributed by atoms with van der Waals surface area (Å²) in [5, 5.41) is 18.2. The SMILES string of the molecule is CC(C)COc1ccccc1C(O)C(=O)O. The normalized spacial score (nSPS) is 12.5. The number of carboxylic acids is 1. The summed E-state index contributed by atoms with van der Waals surface area (Å²) >= 11 is 0. The minimum absolute atomic E-state index is 0.288. The Morgan fingerprint density at radius 3 is 2.56 bits per heavy atom. The van der Waals surface area contributed by atoms with Gasteiger partial charge in [0.15, 0.2) is 6.10 Å². The molecule has 88 valence electrons. The molecule has 1 atom stereocenters. The number of carboxylic acid groups (broad SMARTS) is 1. The van der Waals surface area contributed by atoms with Crippen LogP contribution in [0.5, 0.6) is 5.75 Å². The summed E-state index contributed by atoms with van der Waals surface area (Å²) in [6, 6.07) is 6.62. The second-order valence-electron chi connectivity index (χ2n) is 3.98. The number of aliphatic carboxylic acids is 1. The molecule has 0 aliphatic carbocycles. The number of benzene rings is 1. The van der Waals surface area contributed by atoms with Crippen LogP contribution in [0.3, 0.4) is 0 Å². The van der Waals surface area contributed by atoms with Crippen LogP contribution in [0.15, 0.2) is 24.3 Å². The fourth-order valence-electron chi connectivity index (χ4n) is 1.23. The van der Waals surface area contributed by atoms with E-state index in [0.717, 1.165) is 0 Å². The van der Waals surface area contributed by atoms with Gasteiger partial charge in [0, 0.05) is 5.56 Å². The molecule has 0 amide bonds. The molecular weight excluding hydrogens is 208 g/mol. The first-order valence-corrected chi connectivity index (χ1v) is 5.15. The van der Waals surface area contributed by atoms with E-state index >= 15 is 0 Å². The molecule has 4 nitrogen and oxygen atoms in total. The third-order valence-electron chi connectivity index (χ3n) is 2.02. The van der Waals surface area contributed by atoms with E-state index in [1.54, 1.807) is 24.3 Å². The predicted octanol–water partition coefficient (Wildman–Crippen LogP) is 1.84. The maximum Gasteiger partial charge on any atom is 0.337 e. The lowest BCUT2D eigenvalue weighted by molar-refractivity contribution is -0.147. The van der Waals surface area contributed by atoms with E-state index in [0.29, 0.717) is 18.3 Å². The Labute approximate surface area is 94.5 Å². The van der Waals surface area contributed by atoms with E-state index in [4.69, 9.17) is 9.84 Å². The van der Waals surface area contributed by atoms with Gasteiger partial charge in [0.25, 0.3) is 0 Å². The summed E-state index contributed by atoms with van der Waals surface area (Å²) in [5.74, 6) is -0.512. The Morgan fingerprint density at radius 2 is 2.00 bits per heavy atom. The number of carbonyl (C=O) groups is 1. The van der Waals surface area contributed by atoms with Gasteiger partial charge >= 0.3 is 5.97 Å². The Bertz CT molecular complexity index is 360. The van der Waals surface area contributed by atoms with Gasteiger partial charge in [-0.3, -0.25) is 0 Å². The predicted molar refractivity (Wildman–Crippen MR) is 59.4 cm³/mol. The molecule has 1 aromatic carbocycles. The number of rotatable bonds is 5. The van der Waals surface area contributed by atoms with Gasteiger partial charge in [-0.2, -0.15) is 0 Å². The van der Waals surface area contributed by atoms with Gasteiger partial charge in [0.05, 0.1) is 6.61 Å². The van der Waals surface area contributed by atoms with Crippen molar-refractivity contribution in [3.05, 3.63) is 29.8 Å². The smallest absolute Gasteiger partial charge is 0.337 e. The first kappa shape index (κ1) is 12.5. The average Bonchev–Trinajstić information content (AvgIpc) is 2.25. The molecule has 0 fully saturated rings. The monoisotopic (exact) mass is 224 g/mol. The first-order valence-electron chi connectivity index (χ1n) is 5.15. The van der Waals surface area contributed by atoms with E-state index in [2.05, 4.69) is 0 Å². The van der Waals surface area contributed by atoms with Crippen LogP contribution in [0.1, 0.15) is 25.5 Å². The fraction of sp³-hybridized carbons (Fsp3) is 0.417. The number of ether oxygens (including phenoxy) is 1. The summed E-state index contributed by atoms with van der Waals surface area (Å²) in [5.41, 5.74) is 0.288. The van der Waals surface area contributed by atoms with Gasteiger partial charge in [-0.05, 0) is 12.0 Å². The second-order valence-corrected chi connectivity index (χ2v) is 3.98. The molecule has 0 aliphatic heterocycles. The molecule has 0 heterocycles. The van der Waals surface area contributed by atoms with Gasteiger partial charge in [0.1, 0.15) is 5.75 Å². The molecule has 16 heavy (non-hydrogen) atoms. The topological polar surface area (TPSA) is 66.8 Å². The molecule has 0 bridgehead atoms. The summed E-state index contributed by atoms with van der Waals surface area (Å²) in [4.78, 5) is 10.7. The quantitative estimate of drug-likeness (QED) is 0.800. The zero-order valence-electron chi connectivity index (χ0n) is 9.38. The number of hydrogen-bond donors (Lipinski definition) is 2. The van der Waals surface area contributed by atoms with Crippen LogP contribution < -0.4 is 4.74 Å².